The van der Waals surface area contributed by atoms with Gasteiger partial charge in [0.05, 0.1) is 19.1 Å². The number of amides is 2. The number of imidazole rings is 1. The van der Waals surface area contributed by atoms with Crippen molar-refractivity contribution in [1.29, 1.82) is 0 Å². The van der Waals surface area contributed by atoms with Crippen molar-refractivity contribution in [1.82, 2.24) is 14.9 Å². The number of urea groups is 1. The molecule has 0 aliphatic rings. The van der Waals surface area contributed by atoms with Gasteiger partial charge in [0.2, 0.25) is 0 Å². The molecule has 2 amide bonds. The van der Waals surface area contributed by atoms with Gasteiger partial charge in [0.25, 0.3) is 0 Å². The number of nitrogens with one attached hydrogen (secondary N) is 2. The SMILES string of the molecule is COc1cc(NC(=O)NCc2ccccc2)ccc1-n1ccnc1. The van der Waals surface area contributed by atoms with E-state index < -0.39 is 0 Å². The third-order valence-electron chi connectivity index (χ3n) is 3.52. The van der Waals surface area contributed by atoms with Gasteiger partial charge < -0.3 is 19.9 Å². The molecule has 0 bridgehead atoms. The van der Waals surface area contributed by atoms with E-state index in [1.165, 1.54) is 0 Å². The third kappa shape index (κ3) is 3.73. The summed E-state index contributed by atoms with van der Waals surface area (Å²) in [6.45, 7) is 0.469. The van der Waals surface area contributed by atoms with Gasteiger partial charge >= 0.3 is 6.03 Å². The molecule has 0 saturated heterocycles. The quantitative estimate of drug-likeness (QED) is 0.758. The number of ether oxygens (including phenoxy) is 1. The zero-order chi connectivity index (χ0) is 16.8. The molecule has 2 aromatic carbocycles. The summed E-state index contributed by atoms with van der Waals surface area (Å²) >= 11 is 0. The lowest BCUT2D eigenvalue weighted by Crippen LogP contribution is -2.28. The van der Waals surface area contributed by atoms with Crippen LogP contribution in [0.3, 0.4) is 0 Å². The predicted molar refractivity (Wildman–Crippen MR) is 92.4 cm³/mol. The van der Waals surface area contributed by atoms with E-state index in [1.54, 1.807) is 25.7 Å². The first kappa shape index (κ1) is 15.6. The number of carbonyl (C=O) groups is 1. The van der Waals surface area contributed by atoms with E-state index in [-0.39, 0.29) is 6.03 Å². The Bertz CT molecular complexity index is 801. The molecule has 24 heavy (non-hydrogen) atoms. The van der Waals surface area contributed by atoms with Crippen LogP contribution in [-0.2, 0) is 6.54 Å². The molecule has 0 radical (unpaired) electrons. The van der Waals surface area contributed by atoms with Gasteiger partial charge in [-0.05, 0) is 17.7 Å². The number of nitrogens with zero attached hydrogens (tertiary/aromatic N) is 2. The van der Waals surface area contributed by atoms with Crippen molar-refractivity contribution in [3.8, 4) is 11.4 Å². The molecule has 0 aliphatic heterocycles. The maximum Gasteiger partial charge on any atom is 0.319 e. The van der Waals surface area contributed by atoms with Gasteiger partial charge in [-0.1, -0.05) is 30.3 Å². The van der Waals surface area contributed by atoms with E-state index in [4.69, 9.17) is 4.74 Å². The molecule has 0 atom stereocenters. The molecule has 1 heterocycles. The maximum atomic E-state index is 12.0. The maximum absolute atomic E-state index is 12.0. The smallest absolute Gasteiger partial charge is 0.319 e. The zero-order valence-electron chi connectivity index (χ0n) is 13.3. The van der Waals surface area contributed by atoms with Crippen LogP contribution in [0, 0.1) is 0 Å². The normalized spacial score (nSPS) is 10.2. The minimum atomic E-state index is -0.267. The van der Waals surface area contributed by atoms with Crippen LogP contribution >= 0.6 is 0 Å². The molecule has 1 aromatic heterocycles. The van der Waals surface area contributed by atoms with Crippen LogP contribution in [0.4, 0.5) is 10.5 Å². The lowest BCUT2D eigenvalue weighted by atomic mass is 10.2. The zero-order valence-corrected chi connectivity index (χ0v) is 13.3. The molecule has 0 unspecified atom stereocenters. The highest BCUT2D eigenvalue weighted by Crippen LogP contribution is 2.26. The average molecular weight is 322 g/mol. The van der Waals surface area contributed by atoms with Crippen LogP contribution in [0.5, 0.6) is 5.75 Å². The molecule has 0 aliphatic carbocycles. The lowest BCUT2D eigenvalue weighted by molar-refractivity contribution is 0.251. The van der Waals surface area contributed by atoms with Gasteiger partial charge in [-0.15, -0.1) is 0 Å². The minimum Gasteiger partial charge on any atom is -0.494 e. The van der Waals surface area contributed by atoms with Crippen LogP contribution in [0.15, 0.2) is 67.3 Å². The van der Waals surface area contributed by atoms with Gasteiger partial charge in [0.1, 0.15) is 5.75 Å². The molecule has 3 aromatic rings. The highest BCUT2D eigenvalue weighted by atomic mass is 16.5. The second-order valence-electron chi connectivity index (χ2n) is 5.15. The molecule has 0 saturated carbocycles. The van der Waals surface area contributed by atoms with E-state index in [2.05, 4.69) is 15.6 Å². The largest absolute Gasteiger partial charge is 0.494 e. The van der Waals surface area contributed by atoms with Crippen LogP contribution in [0.25, 0.3) is 5.69 Å². The number of aromatic nitrogens is 2. The minimum absolute atomic E-state index is 0.267. The Morgan fingerprint density at radius 3 is 2.75 bits per heavy atom. The van der Waals surface area contributed by atoms with Gasteiger partial charge in [-0.3, -0.25) is 0 Å². The van der Waals surface area contributed by atoms with E-state index in [1.807, 2.05) is 53.2 Å². The summed E-state index contributed by atoms with van der Waals surface area (Å²) in [5.74, 6) is 0.647. The molecular formula is C18H18N4O2. The number of carbonyl (C=O) groups excluding carboxylic acids is 1. The van der Waals surface area contributed by atoms with Gasteiger partial charge in [-0.25, -0.2) is 9.78 Å². The van der Waals surface area contributed by atoms with Crippen molar-refractivity contribution >= 4 is 11.7 Å². The fourth-order valence-electron chi connectivity index (χ4n) is 2.32. The van der Waals surface area contributed by atoms with Crippen LogP contribution in [-0.4, -0.2) is 22.7 Å². The molecule has 6 heteroatoms. The number of anilines is 1. The first-order chi connectivity index (χ1) is 11.8. The summed E-state index contributed by atoms with van der Waals surface area (Å²) in [5, 5.41) is 5.63. The molecule has 2 N–H and O–H groups in total. The van der Waals surface area contributed by atoms with Crippen molar-refractivity contribution in [2.45, 2.75) is 6.54 Å². The molecule has 0 spiro atoms. The molecular weight excluding hydrogens is 304 g/mol. The fourth-order valence-corrected chi connectivity index (χ4v) is 2.32. The first-order valence-electron chi connectivity index (χ1n) is 7.51. The fraction of sp³-hybridized carbons (Fsp3) is 0.111. The van der Waals surface area contributed by atoms with Crippen LogP contribution in [0.1, 0.15) is 5.56 Å². The second-order valence-corrected chi connectivity index (χ2v) is 5.15. The Morgan fingerprint density at radius 2 is 2.04 bits per heavy atom. The lowest BCUT2D eigenvalue weighted by Gasteiger charge is -2.12. The van der Waals surface area contributed by atoms with Gasteiger partial charge in [-0.2, -0.15) is 0 Å². The van der Waals surface area contributed by atoms with E-state index in [9.17, 15) is 4.79 Å². The molecule has 0 fully saturated rings. The number of methoxy groups -OCH3 is 1. The Labute approximate surface area is 140 Å². The summed E-state index contributed by atoms with van der Waals surface area (Å²) in [5.41, 5.74) is 2.55. The standard InChI is InChI=1S/C18H18N4O2/c1-24-17-11-15(7-8-16(17)22-10-9-19-13-22)21-18(23)20-12-14-5-3-2-4-6-14/h2-11,13H,12H2,1H3,(H2,20,21,23). The summed E-state index contributed by atoms with van der Waals surface area (Å²) in [4.78, 5) is 16.0. The topological polar surface area (TPSA) is 68.2 Å². The van der Waals surface area contributed by atoms with Crippen molar-refractivity contribution in [2.75, 3.05) is 12.4 Å². The van der Waals surface area contributed by atoms with Crippen LogP contribution < -0.4 is 15.4 Å². The van der Waals surface area contributed by atoms with Crippen molar-refractivity contribution in [2.24, 2.45) is 0 Å². The Kier molecular flexibility index (Phi) is 4.76. The van der Waals surface area contributed by atoms with Crippen molar-refractivity contribution in [3.05, 3.63) is 72.8 Å². The summed E-state index contributed by atoms with van der Waals surface area (Å²) in [6.07, 6.45) is 5.22. The molecule has 122 valence electrons. The Balaban J connectivity index is 1.65. The summed E-state index contributed by atoms with van der Waals surface area (Å²) in [7, 11) is 1.59. The molecule has 3 rings (SSSR count). The average Bonchev–Trinajstić information content (AvgIpc) is 3.15. The number of rotatable bonds is 5. The van der Waals surface area contributed by atoms with Gasteiger partial charge in [0.15, 0.2) is 0 Å². The van der Waals surface area contributed by atoms with Crippen molar-refractivity contribution < 1.29 is 9.53 Å². The van der Waals surface area contributed by atoms with Gasteiger partial charge in [0, 0.05) is 30.7 Å². The summed E-state index contributed by atoms with van der Waals surface area (Å²) < 4.78 is 7.25. The monoisotopic (exact) mass is 322 g/mol. The number of hydrogen-bond donors (Lipinski definition) is 2. The predicted octanol–water partition coefficient (Wildman–Crippen LogP) is 3.20. The Hall–Kier alpha value is -3.28. The van der Waals surface area contributed by atoms with E-state index in [0.717, 1.165) is 11.3 Å². The van der Waals surface area contributed by atoms with E-state index in [0.29, 0.717) is 18.0 Å². The number of hydrogen-bond acceptors (Lipinski definition) is 3. The highest BCUT2D eigenvalue weighted by Gasteiger charge is 2.08. The Morgan fingerprint density at radius 1 is 1.21 bits per heavy atom. The van der Waals surface area contributed by atoms with Crippen molar-refractivity contribution in [3.63, 3.8) is 0 Å². The second kappa shape index (κ2) is 7.32. The summed E-state index contributed by atoms with van der Waals surface area (Å²) in [6, 6.07) is 14.9. The first-order valence-corrected chi connectivity index (χ1v) is 7.51. The van der Waals surface area contributed by atoms with Crippen LogP contribution in [0.2, 0.25) is 0 Å². The highest BCUT2D eigenvalue weighted by molar-refractivity contribution is 5.89. The molecule has 6 nitrogen and oxygen atoms in total. The number of benzene rings is 2. The van der Waals surface area contributed by atoms with E-state index >= 15 is 0 Å². The third-order valence-corrected chi connectivity index (χ3v) is 3.52.